The van der Waals surface area contributed by atoms with Crippen molar-refractivity contribution in [2.24, 2.45) is 0 Å². The number of rotatable bonds is 10. The van der Waals surface area contributed by atoms with E-state index in [1.807, 2.05) is 6.07 Å². The van der Waals surface area contributed by atoms with Crippen molar-refractivity contribution in [1.29, 1.82) is 0 Å². The maximum atomic E-state index is 13.0. The van der Waals surface area contributed by atoms with E-state index in [1.54, 1.807) is 45.2 Å². The van der Waals surface area contributed by atoms with E-state index in [1.165, 1.54) is 4.90 Å². The lowest BCUT2D eigenvalue weighted by molar-refractivity contribution is -0.143. The summed E-state index contributed by atoms with van der Waals surface area (Å²) in [5.41, 5.74) is 0.596. The van der Waals surface area contributed by atoms with E-state index in [2.05, 4.69) is 10.6 Å². The molecule has 8 nitrogen and oxygen atoms in total. The summed E-state index contributed by atoms with van der Waals surface area (Å²) in [6.07, 6.45) is 0.684. The van der Waals surface area contributed by atoms with Crippen LogP contribution in [-0.2, 0) is 23.9 Å². The second-order valence-electron chi connectivity index (χ2n) is 6.23. The molecule has 148 valence electrons. The molecule has 1 saturated heterocycles. The summed E-state index contributed by atoms with van der Waals surface area (Å²) in [5, 5.41) is 5.65. The van der Waals surface area contributed by atoms with Gasteiger partial charge in [0.15, 0.2) is 0 Å². The maximum Gasteiger partial charge on any atom is 0.325 e. The Morgan fingerprint density at radius 3 is 2.56 bits per heavy atom. The topological polar surface area (TPSA) is 107 Å². The SMILES string of the molecule is CCOC(=O)[C@@H]1N[C@H]1C(=O)N(c1ccccc1)[C@@H](C)C(=O)NCCCOC. The highest BCUT2D eigenvalue weighted by molar-refractivity contribution is 6.07. The first-order valence-electron chi connectivity index (χ1n) is 9.08. The molecular formula is C19H27N3O5. The van der Waals surface area contributed by atoms with Crippen LogP contribution in [0.3, 0.4) is 0 Å². The van der Waals surface area contributed by atoms with Crippen molar-refractivity contribution < 1.29 is 23.9 Å². The fourth-order valence-corrected chi connectivity index (χ4v) is 2.76. The van der Waals surface area contributed by atoms with Gasteiger partial charge in [0.2, 0.25) is 11.8 Å². The molecule has 27 heavy (non-hydrogen) atoms. The Kier molecular flexibility index (Phi) is 7.75. The second-order valence-corrected chi connectivity index (χ2v) is 6.23. The number of amides is 2. The van der Waals surface area contributed by atoms with Gasteiger partial charge in [-0.25, -0.2) is 0 Å². The number of carbonyl (C=O) groups is 3. The standard InChI is InChI=1S/C19H27N3O5/c1-4-27-19(25)16-15(21-16)18(24)22(14-9-6-5-7-10-14)13(2)17(23)20-11-8-12-26-3/h5-7,9-10,13,15-16,21H,4,8,11-12H2,1-3H3,(H,20,23)/t13-,15+,16+/m0/s1. The average molecular weight is 377 g/mol. The minimum atomic E-state index is -0.729. The van der Waals surface area contributed by atoms with E-state index in [9.17, 15) is 14.4 Å². The van der Waals surface area contributed by atoms with Crippen LogP contribution < -0.4 is 15.5 Å². The molecule has 0 aliphatic carbocycles. The number of methoxy groups -OCH3 is 1. The molecule has 8 heteroatoms. The summed E-state index contributed by atoms with van der Waals surface area (Å²) in [6.45, 7) is 4.63. The van der Waals surface area contributed by atoms with Crippen LogP contribution >= 0.6 is 0 Å². The molecule has 3 atom stereocenters. The molecule has 2 amide bonds. The molecule has 1 aromatic carbocycles. The highest BCUT2D eigenvalue weighted by Crippen LogP contribution is 2.23. The van der Waals surface area contributed by atoms with Gasteiger partial charge < -0.3 is 14.8 Å². The second kappa shape index (κ2) is 10.0. The van der Waals surface area contributed by atoms with Gasteiger partial charge in [-0.3, -0.25) is 24.6 Å². The molecule has 0 saturated carbocycles. The van der Waals surface area contributed by atoms with E-state index in [0.717, 1.165) is 0 Å². The van der Waals surface area contributed by atoms with Crippen molar-refractivity contribution in [3.8, 4) is 0 Å². The van der Waals surface area contributed by atoms with Gasteiger partial charge in [0.05, 0.1) is 6.61 Å². The van der Waals surface area contributed by atoms with E-state index in [0.29, 0.717) is 25.3 Å². The van der Waals surface area contributed by atoms with Crippen LogP contribution in [0.15, 0.2) is 30.3 Å². The van der Waals surface area contributed by atoms with Gasteiger partial charge in [-0.2, -0.15) is 0 Å². The highest BCUT2D eigenvalue weighted by atomic mass is 16.5. The molecule has 2 rings (SSSR count). The van der Waals surface area contributed by atoms with Crippen molar-refractivity contribution in [1.82, 2.24) is 10.6 Å². The van der Waals surface area contributed by atoms with Crippen molar-refractivity contribution >= 4 is 23.5 Å². The zero-order valence-corrected chi connectivity index (χ0v) is 15.9. The van der Waals surface area contributed by atoms with Crippen LogP contribution in [0.4, 0.5) is 5.69 Å². The van der Waals surface area contributed by atoms with Gasteiger partial charge >= 0.3 is 5.97 Å². The smallest absolute Gasteiger partial charge is 0.325 e. The van der Waals surface area contributed by atoms with Crippen molar-refractivity contribution in [3.05, 3.63) is 30.3 Å². The molecule has 1 heterocycles. The van der Waals surface area contributed by atoms with Crippen LogP contribution in [0.1, 0.15) is 20.3 Å². The molecule has 0 radical (unpaired) electrons. The van der Waals surface area contributed by atoms with E-state index in [4.69, 9.17) is 9.47 Å². The fraction of sp³-hybridized carbons (Fsp3) is 0.526. The lowest BCUT2D eigenvalue weighted by atomic mass is 10.1. The molecule has 0 unspecified atom stereocenters. The number of hydrogen-bond donors (Lipinski definition) is 2. The zero-order chi connectivity index (χ0) is 19.8. The average Bonchev–Trinajstić information content (AvgIpc) is 3.47. The molecule has 0 aromatic heterocycles. The number of hydrogen-bond acceptors (Lipinski definition) is 6. The first-order valence-corrected chi connectivity index (χ1v) is 9.08. The number of anilines is 1. The van der Waals surface area contributed by atoms with Crippen LogP contribution in [-0.4, -0.2) is 62.8 Å². The Morgan fingerprint density at radius 1 is 1.22 bits per heavy atom. The normalized spacial score (nSPS) is 19.1. The highest BCUT2D eigenvalue weighted by Gasteiger charge is 2.51. The molecule has 1 fully saturated rings. The lowest BCUT2D eigenvalue weighted by Crippen LogP contribution is -2.50. The third-order valence-corrected chi connectivity index (χ3v) is 4.25. The number of para-hydroxylation sites is 1. The van der Waals surface area contributed by atoms with Crippen LogP contribution in [0.25, 0.3) is 0 Å². The van der Waals surface area contributed by atoms with Gasteiger partial charge in [-0.15, -0.1) is 0 Å². The number of benzene rings is 1. The molecular weight excluding hydrogens is 350 g/mol. The summed E-state index contributed by atoms with van der Waals surface area (Å²) in [4.78, 5) is 38.8. The first-order chi connectivity index (χ1) is 13.0. The van der Waals surface area contributed by atoms with Gasteiger partial charge in [-0.1, -0.05) is 18.2 Å². The number of ether oxygens (including phenoxy) is 2. The quantitative estimate of drug-likeness (QED) is 0.349. The van der Waals surface area contributed by atoms with Crippen molar-refractivity contribution in [2.75, 3.05) is 31.8 Å². The van der Waals surface area contributed by atoms with Crippen LogP contribution in [0, 0.1) is 0 Å². The molecule has 1 aromatic rings. The Balaban J connectivity index is 2.09. The molecule has 2 N–H and O–H groups in total. The summed E-state index contributed by atoms with van der Waals surface area (Å²) >= 11 is 0. The largest absolute Gasteiger partial charge is 0.465 e. The minimum Gasteiger partial charge on any atom is -0.465 e. The minimum absolute atomic E-state index is 0.251. The number of esters is 1. The number of nitrogens with one attached hydrogen (secondary N) is 2. The van der Waals surface area contributed by atoms with Gasteiger partial charge in [0, 0.05) is 25.9 Å². The van der Waals surface area contributed by atoms with Gasteiger partial charge in [0.25, 0.3) is 0 Å². The van der Waals surface area contributed by atoms with Crippen molar-refractivity contribution in [3.63, 3.8) is 0 Å². The summed E-state index contributed by atoms with van der Waals surface area (Å²) < 4.78 is 9.92. The van der Waals surface area contributed by atoms with E-state index >= 15 is 0 Å². The third kappa shape index (κ3) is 5.51. The van der Waals surface area contributed by atoms with E-state index < -0.39 is 24.1 Å². The fourth-order valence-electron chi connectivity index (χ4n) is 2.76. The Hall–Kier alpha value is -2.45. The summed E-state index contributed by atoms with van der Waals surface area (Å²) in [6, 6.07) is 6.85. The van der Waals surface area contributed by atoms with Gasteiger partial charge in [-0.05, 0) is 32.4 Å². The maximum absolute atomic E-state index is 13.0. The monoisotopic (exact) mass is 377 g/mol. The predicted octanol–water partition coefficient (Wildman–Crippen LogP) is 0.464. The molecule has 1 aliphatic heterocycles. The molecule has 0 bridgehead atoms. The number of carbonyl (C=O) groups excluding carboxylic acids is 3. The summed E-state index contributed by atoms with van der Waals surface area (Å²) in [7, 11) is 1.60. The Labute approximate surface area is 159 Å². The zero-order valence-electron chi connectivity index (χ0n) is 15.9. The Bertz CT molecular complexity index is 652. The first kappa shape index (κ1) is 20.9. The molecule has 0 spiro atoms. The predicted molar refractivity (Wildman–Crippen MR) is 100 cm³/mol. The van der Waals surface area contributed by atoms with E-state index in [-0.39, 0.29) is 18.4 Å². The van der Waals surface area contributed by atoms with Crippen LogP contribution in [0.2, 0.25) is 0 Å². The Morgan fingerprint density at radius 2 is 1.93 bits per heavy atom. The van der Waals surface area contributed by atoms with Gasteiger partial charge in [0.1, 0.15) is 18.1 Å². The van der Waals surface area contributed by atoms with Crippen molar-refractivity contribution in [2.45, 2.75) is 38.4 Å². The number of nitrogens with zero attached hydrogens (tertiary/aromatic N) is 1. The third-order valence-electron chi connectivity index (χ3n) is 4.25. The lowest BCUT2D eigenvalue weighted by Gasteiger charge is -2.28. The summed E-state index contributed by atoms with van der Waals surface area (Å²) in [5.74, 6) is -1.06. The molecule has 1 aliphatic rings. The van der Waals surface area contributed by atoms with Crippen LogP contribution in [0.5, 0.6) is 0 Å².